The van der Waals surface area contributed by atoms with E-state index in [0.29, 0.717) is 6.54 Å². The molecular formula is C9H10N2NiO. The first-order valence-corrected chi connectivity index (χ1v) is 4.00. The summed E-state index contributed by atoms with van der Waals surface area (Å²) in [6.45, 7) is 2.67. The number of H-pyrrole nitrogens is 1. The molecule has 3 nitrogen and oxygen atoms in total. The molecule has 0 amide bonds. The number of aryl methyl sites for hydroxylation is 1. The molecule has 0 unspecified atom stereocenters. The van der Waals surface area contributed by atoms with Gasteiger partial charge in [0.1, 0.15) is 0 Å². The maximum Gasteiger partial charge on any atom is 0.326 e. The first kappa shape index (κ1) is 10.1. The van der Waals surface area contributed by atoms with Crippen LogP contribution in [0.2, 0.25) is 0 Å². The van der Waals surface area contributed by atoms with Crippen molar-refractivity contribution in [2.45, 2.75) is 13.5 Å². The van der Waals surface area contributed by atoms with Crippen LogP contribution in [0, 0.1) is 0 Å². The van der Waals surface area contributed by atoms with Crippen molar-refractivity contribution in [3.63, 3.8) is 0 Å². The Morgan fingerprint density at radius 1 is 1.38 bits per heavy atom. The number of para-hydroxylation sites is 2. The average molecular weight is 221 g/mol. The molecule has 0 atom stereocenters. The Balaban J connectivity index is 0.000000845. The fourth-order valence-corrected chi connectivity index (χ4v) is 1.42. The zero-order valence-corrected chi connectivity index (χ0v) is 8.18. The summed E-state index contributed by atoms with van der Waals surface area (Å²) in [4.78, 5) is 14.1. The molecule has 1 N–H and O–H groups in total. The van der Waals surface area contributed by atoms with E-state index in [-0.39, 0.29) is 22.2 Å². The van der Waals surface area contributed by atoms with Crippen LogP contribution in [0.3, 0.4) is 0 Å². The SMILES string of the molecule is CCn1c(=O)[nH]c2ccccc21.[Ni]. The first-order valence-electron chi connectivity index (χ1n) is 4.00. The summed E-state index contributed by atoms with van der Waals surface area (Å²) in [6.07, 6.45) is 0. The van der Waals surface area contributed by atoms with Crippen molar-refractivity contribution in [3.05, 3.63) is 34.7 Å². The molecule has 0 saturated carbocycles. The fourth-order valence-electron chi connectivity index (χ4n) is 1.42. The summed E-state index contributed by atoms with van der Waals surface area (Å²) >= 11 is 0. The Morgan fingerprint density at radius 2 is 2.08 bits per heavy atom. The molecular weight excluding hydrogens is 211 g/mol. The van der Waals surface area contributed by atoms with Crippen molar-refractivity contribution in [3.8, 4) is 0 Å². The molecule has 72 valence electrons. The molecule has 1 heterocycles. The Hall–Kier alpha value is -1.02. The van der Waals surface area contributed by atoms with E-state index in [1.54, 1.807) is 4.57 Å². The average Bonchev–Trinajstić information content (AvgIpc) is 2.40. The van der Waals surface area contributed by atoms with Crippen molar-refractivity contribution >= 4 is 11.0 Å². The van der Waals surface area contributed by atoms with Crippen LogP contribution in [-0.4, -0.2) is 9.55 Å². The maximum absolute atomic E-state index is 11.3. The third-order valence-electron chi connectivity index (χ3n) is 2.00. The van der Waals surface area contributed by atoms with Gasteiger partial charge in [0.15, 0.2) is 0 Å². The summed E-state index contributed by atoms with van der Waals surface area (Å²) < 4.78 is 1.72. The van der Waals surface area contributed by atoms with Crippen molar-refractivity contribution in [1.29, 1.82) is 0 Å². The summed E-state index contributed by atoms with van der Waals surface area (Å²) in [5.74, 6) is 0. The molecule has 0 aliphatic rings. The van der Waals surface area contributed by atoms with E-state index in [9.17, 15) is 4.79 Å². The van der Waals surface area contributed by atoms with Gasteiger partial charge in [-0.1, -0.05) is 12.1 Å². The third kappa shape index (κ3) is 1.54. The second-order valence-corrected chi connectivity index (χ2v) is 2.69. The second-order valence-electron chi connectivity index (χ2n) is 2.69. The maximum atomic E-state index is 11.3. The second kappa shape index (κ2) is 3.80. The van der Waals surface area contributed by atoms with Gasteiger partial charge in [-0.15, -0.1) is 0 Å². The molecule has 0 spiro atoms. The molecule has 0 aliphatic carbocycles. The number of imidazole rings is 1. The predicted octanol–water partition coefficient (Wildman–Crippen LogP) is 1.35. The fraction of sp³-hybridized carbons (Fsp3) is 0.222. The van der Waals surface area contributed by atoms with Crippen LogP contribution in [0.4, 0.5) is 0 Å². The number of aromatic nitrogens is 2. The minimum atomic E-state index is -0.0290. The van der Waals surface area contributed by atoms with Gasteiger partial charge in [0.05, 0.1) is 11.0 Å². The van der Waals surface area contributed by atoms with Crippen LogP contribution in [0.1, 0.15) is 6.92 Å². The molecule has 0 bridgehead atoms. The number of benzene rings is 1. The molecule has 2 aromatic rings. The van der Waals surface area contributed by atoms with Gasteiger partial charge >= 0.3 is 5.69 Å². The molecule has 0 radical (unpaired) electrons. The van der Waals surface area contributed by atoms with Crippen molar-refractivity contribution in [2.75, 3.05) is 0 Å². The van der Waals surface area contributed by atoms with Gasteiger partial charge in [0.25, 0.3) is 0 Å². The van der Waals surface area contributed by atoms with E-state index >= 15 is 0 Å². The van der Waals surface area contributed by atoms with E-state index in [1.165, 1.54) is 0 Å². The molecule has 2 rings (SSSR count). The van der Waals surface area contributed by atoms with Gasteiger partial charge in [-0.3, -0.25) is 4.57 Å². The van der Waals surface area contributed by atoms with Gasteiger partial charge in [0.2, 0.25) is 0 Å². The third-order valence-corrected chi connectivity index (χ3v) is 2.00. The number of hydrogen-bond acceptors (Lipinski definition) is 1. The van der Waals surface area contributed by atoms with E-state index in [4.69, 9.17) is 0 Å². The molecule has 13 heavy (non-hydrogen) atoms. The van der Waals surface area contributed by atoms with E-state index in [2.05, 4.69) is 4.98 Å². The summed E-state index contributed by atoms with van der Waals surface area (Å²) in [5, 5.41) is 0. The minimum absolute atomic E-state index is 0. The van der Waals surface area contributed by atoms with Gasteiger partial charge in [-0.05, 0) is 19.1 Å². The van der Waals surface area contributed by atoms with Crippen molar-refractivity contribution in [1.82, 2.24) is 9.55 Å². The van der Waals surface area contributed by atoms with Crippen LogP contribution in [0.15, 0.2) is 29.1 Å². The Kier molecular flexibility index (Phi) is 2.94. The van der Waals surface area contributed by atoms with Gasteiger partial charge in [-0.25, -0.2) is 4.79 Å². The van der Waals surface area contributed by atoms with Crippen molar-refractivity contribution in [2.24, 2.45) is 0 Å². The molecule has 4 heteroatoms. The van der Waals surface area contributed by atoms with E-state index in [1.807, 2.05) is 31.2 Å². The molecule has 1 aromatic heterocycles. The summed E-state index contributed by atoms with van der Waals surface area (Å²) in [5.41, 5.74) is 1.85. The van der Waals surface area contributed by atoms with Crippen LogP contribution < -0.4 is 5.69 Å². The van der Waals surface area contributed by atoms with Crippen molar-refractivity contribution < 1.29 is 16.5 Å². The Morgan fingerprint density at radius 3 is 2.77 bits per heavy atom. The normalized spacial score (nSPS) is 9.92. The largest absolute Gasteiger partial charge is 0.326 e. The van der Waals surface area contributed by atoms with Crippen LogP contribution in [0.5, 0.6) is 0 Å². The Labute approximate surface area is 85.7 Å². The van der Waals surface area contributed by atoms with Gasteiger partial charge in [-0.2, -0.15) is 0 Å². The van der Waals surface area contributed by atoms with E-state index in [0.717, 1.165) is 11.0 Å². The zero-order chi connectivity index (χ0) is 8.55. The molecule has 0 fully saturated rings. The summed E-state index contributed by atoms with van der Waals surface area (Å²) in [6, 6.07) is 7.69. The van der Waals surface area contributed by atoms with Crippen LogP contribution in [-0.2, 0) is 23.0 Å². The van der Waals surface area contributed by atoms with Crippen LogP contribution in [0.25, 0.3) is 11.0 Å². The standard InChI is InChI=1S/C9H10N2O.Ni/c1-2-11-8-6-4-3-5-7(8)10-9(11)12;/h3-6H,2H2,1H3,(H,10,12);. The molecule has 1 aromatic carbocycles. The number of nitrogens with zero attached hydrogens (tertiary/aromatic N) is 1. The number of hydrogen-bond donors (Lipinski definition) is 1. The first-order chi connectivity index (χ1) is 5.83. The number of fused-ring (bicyclic) bond motifs is 1. The quantitative estimate of drug-likeness (QED) is 0.725. The molecule has 0 saturated heterocycles. The number of rotatable bonds is 1. The summed E-state index contributed by atoms with van der Waals surface area (Å²) in [7, 11) is 0. The smallest absolute Gasteiger partial charge is 0.306 e. The predicted molar refractivity (Wildman–Crippen MR) is 48.2 cm³/mol. The minimum Gasteiger partial charge on any atom is -0.306 e. The van der Waals surface area contributed by atoms with E-state index < -0.39 is 0 Å². The Bertz CT molecular complexity index is 458. The number of nitrogens with one attached hydrogen (secondary N) is 1. The number of aromatic amines is 1. The zero-order valence-electron chi connectivity index (χ0n) is 7.19. The van der Waals surface area contributed by atoms with Crippen LogP contribution >= 0.6 is 0 Å². The van der Waals surface area contributed by atoms with Gasteiger partial charge < -0.3 is 4.98 Å². The topological polar surface area (TPSA) is 37.8 Å². The van der Waals surface area contributed by atoms with Gasteiger partial charge in [0, 0.05) is 23.0 Å². The molecule has 0 aliphatic heterocycles. The monoisotopic (exact) mass is 220 g/mol.